The first-order valence-electron chi connectivity index (χ1n) is 6.44. The molecule has 0 radical (unpaired) electrons. The number of nitrogens with one attached hydrogen (secondary N) is 1. The quantitative estimate of drug-likeness (QED) is 0.651. The van der Waals surface area contributed by atoms with Crippen LogP contribution in [0.5, 0.6) is 0 Å². The largest absolute Gasteiger partial charge is 0.321 e. The molecule has 0 aliphatic rings. The maximum Gasteiger partial charge on any atom is 0.266 e. The lowest BCUT2D eigenvalue weighted by atomic mass is 10.1. The van der Waals surface area contributed by atoms with Gasteiger partial charge < -0.3 is 5.32 Å². The molecule has 0 saturated heterocycles. The lowest BCUT2D eigenvalue weighted by Gasteiger charge is -2.05. The molecule has 0 atom stereocenters. The summed E-state index contributed by atoms with van der Waals surface area (Å²) in [7, 11) is 0. The molecule has 2 aromatic carbocycles. The van der Waals surface area contributed by atoms with E-state index in [1.165, 1.54) is 18.2 Å². The molecule has 2 aromatic rings. The number of anilines is 1. The molecule has 2 rings (SSSR count). The molecule has 5 heteroatoms. The molecule has 0 fully saturated rings. The third-order valence-corrected chi connectivity index (χ3v) is 3.39. The molecule has 1 amide bonds. The fraction of sp³-hybridized carbons (Fsp3) is 0.0588. The van der Waals surface area contributed by atoms with Crippen molar-refractivity contribution in [2.75, 3.05) is 5.32 Å². The normalized spacial score (nSPS) is 10.9. The van der Waals surface area contributed by atoms with Gasteiger partial charge in [0.1, 0.15) is 17.5 Å². The van der Waals surface area contributed by atoms with E-state index in [1.807, 2.05) is 13.0 Å². The Morgan fingerprint density at radius 3 is 2.77 bits per heavy atom. The van der Waals surface area contributed by atoms with Crippen LogP contribution in [0.15, 0.2) is 52.5 Å². The Kier molecular flexibility index (Phi) is 5.08. The van der Waals surface area contributed by atoms with Gasteiger partial charge in [-0.2, -0.15) is 5.26 Å². The van der Waals surface area contributed by atoms with Crippen molar-refractivity contribution < 1.29 is 9.18 Å². The van der Waals surface area contributed by atoms with Crippen LogP contribution in [0.4, 0.5) is 10.1 Å². The van der Waals surface area contributed by atoms with Gasteiger partial charge in [-0.15, -0.1) is 0 Å². The SMILES string of the molecule is Cc1cccc(NC(=O)/C(C#N)=C/c2cc(Br)ccc2F)c1. The smallest absolute Gasteiger partial charge is 0.266 e. The Labute approximate surface area is 136 Å². The summed E-state index contributed by atoms with van der Waals surface area (Å²) < 4.78 is 14.4. The van der Waals surface area contributed by atoms with E-state index in [-0.39, 0.29) is 11.1 Å². The van der Waals surface area contributed by atoms with Gasteiger partial charge in [0.25, 0.3) is 5.91 Å². The van der Waals surface area contributed by atoms with Crippen LogP contribution in [-0.2, 0) is 4.79 Å². The number of hydrogen-bond donors (Lipinski definition) is 1. The van der Waals surface area contributed by atoms with Gasteiger partial charge in [0, 0.05) is 15.7 Å². The Morgan fingerprint density at radius 1 is 1.32 bits per heavy atom. The molecule has 0 bridgehead atoms. The second-order valence-corrected chi connectivity index (χ2v) is 5.57. The number of hydrogen-bond acceptors (Lipinski definition) is 2. The molecule has 3 nitrogen and oxygen atoms in total. The summed E-state index contributed by atoms with van der Waals surface area (Å²) in [5.74, 6) is -1.08. The van der Waals surface area contributed by atoms with E-state index in [0.29, 0.717) is 10.2 Å². The van der Waals surface area contributed by atoms with Crippen LogP contribution in [0.25, 0.3) is 6.08 Å². The van der Waals surface area contributed by atoms with Crippen molar-refractivity contribution in [2.45, 2.75) is 6.92 Å². The lowest BCUT2D eigenvalue weighted by molar-refractivity contribution is -0.112. The molecule has 110 valence electrons. The first kappa shape index (κ1) is 15.9. The zero-order valence-corrected chi connectivity index (χ0v) is 13.3. The highest BCUT2D eigenvalue weighted by Crippen LogP contribution is 2.19. The summed E-state index contributed by atoms with van der Waals surface area (Å²) in [6.45, 7) is 1.90. The fourth-order valence-electron chi connectivity index (χ4n) is 1.85. The second kappa shape index (κ2) is 7.01. The van der Waals surface area contributed by atoms with Gasteiger partial charge in [0.2, 0.25) is 0 Å². The van der Waals surface area contributed by atoms with Crippen molar-refractivity contribution >= 4 is 33.6 Å². The number of rotatable bonds is 3. The van der Waals surface area contributed by atoms with Crippen molar-refractivity contribution in [3.05, 3.63) is 69.5 Å². The topological polar surface area (TPSA) is 52.9 Å². The number of nitriles is 1. The number of aryl methyl sites for hydroxylation is 1. The van der Waals surface area contributed by atoms with E-state index in [2.05, 4.69) is 21.2 Å². The highest BCUT2D eigenvalue weighted by molar-refractivity contribution is 9.10. The maximum absolute atomic E-state index is 13.7. The Morgan fingerprint density at radius 2 is 2.09 bits per heavy atom. The highest BCUT2D eigenvalue weighted by atomic mass is 79.9. The average molecular weight is 359 g/mol. The second-order valence-electron chi connectivity index (χ2n) is 4.66. The standard InChI is InChI=1S/C17H12BrFN2O/c1-11-3-2-4-15(7-11)21-17(22)13(10-20)8-12-9-14(18)5-6-16(12)19/h2-9H,1H3,(H,21,22)/b13-8+. The van der Waals surface area contributed by atoms with Crippen molar-refractivity contribution in [2.24, 2.45) is 0 Å². The zero-order valence-electron chi connectivity index (χ0n) is 11.7. The minimum atomic E-state index is -0.576. The van der Waals surface area contributed by atoms with Gasteiger partial charge in [-0.25, -0.2) is 4.39 Å². The van der Waals surface area contributed by atoms with Gasteiger partial charge in [-0.1, -0.05) is 28.1 Å². The first-order chi connectivity index (χ1) is 10.5. The maximum atomic E-state index is 13.7. The molecule has 0 aliphatic heterocycles. The number of amides is 1. The van der Waals surface area contributed by atoms with Crippen LogP contribution in [0.2, 0.25) is 0 Å². The van der Waals surface area contributed by atoms with Crippen LogP contribution in [0.3, 0.4) is 0 Å². The molecule has 0 saturated carbocycles. The van der Waals surface area contributed by atoms with Crippen molar-refractivity contribution in [3.63, 3.8) is 0 Å². The summed E-state index contributed by atoms with van der Waals surface area (Å²) in [6.07, 6.45) is 1.23. The van der Waals surface area contributed by atoms with Crippen LogP contribution in [-0.4, -0.2) is 5.91 Å². The Balaban J connectivity index is 2.28. The lowest BCUT2D eigenvalue weighted by Crippen LogP contribution is -2.13. The van der Waals surface area contributed by atoms with Gasteiger partial charge in [0.15, 0.2) is 0 Å². The predicted octanol–water partition coefficient (Wildman–Crippen LogP) is 4.44. The summed E-state index contributed by atoms with van der Waals surface area (Å²) in [6, 6.07) is 13.3. The van der Waals surface area contributed by atoms with Crippen molar-refractivity contribution in [1.29, 1.82) is 5.26 Å². The molecule has 0 aliphatic carbocycles. The van der Waals surface area contributed by atoms with Gasteiger partial charge in [-0.05, 0) is 48.9 Å². The number of nitrogens with zero attached hydrogens (tertiary/aromatic N) is 1. The third kappa shape index (κ3) is 4.03. The summed E-state index contributed by atoms with van der Waals surface area (Å²) >= 11 is 3.23. The first-order valence-corrected chi connectivity index (χ1v) is 7.24. The molecule has 0 heterocycles. The minimum Gasteiger partial charge on any atom is -0.321 e. The van der Waals surface area contributed by atoms with Crippen LogP contribution in [0.1, 0.15) is 11.1 Å². The number of benzene rings is 2. The fourth-order valence-corrected chi connectivity index (χ4v) is 2.23. The number of carbonyl (C=O) groups is 1. The van der Waals surface area contributed by atoms with Crippen molar-refractivity contribution in [1.82, 2.24) is 0 Å². The monoisotopic (exact) mass is 358 g/mol. The Hall–Kier alpha value is -2.45. The van der Waals surface area contributed by atoms with E-state index >= 15 is 0 Å². The van der Waals surface area contributed by atoms with E-state index in [0.717, 1.165) is 5.56 Å². The number of halogens is 2. The molecule has 22 heavy (non-hydrogen) atoms. The van der Waals surface area contributed by atoms with Crippen LogP contribution < -0.4 is 5.32 Å². The van der Waals surface area contributed by atoms with Gasteiger partial charge in [0.05, 0.1) is 0 Å². The van der Waals surface area contributed by atoms with E-state index in [4.69, 9.17) is 5.26 Å². The van der Waals surface area contributed by atoms with Crippen molar-refractivity contribution in [3.8, 4) is 6.07 Å². The highest BCUT2D eigenvalue weighted by Gasteiger charge is 2.11. The third-order valence-electron chi connectivity index (χ3n) is 2.90. The van der Waals surface area contributed by atoms with E-state index in [9.17, 15) is 9.18 Å². The van der Waals surface area contributed by atoms with Crippen LogP contribution >= 0.6 is 15.9 Å². The summed E-state index contributed by atoms with van der Waals surface area (Å²) in [5.41, 5.74) is 1.57. The molecule has 1 N–H and O–H groups in total. The predicted molar refractivity (Wildman–Crippen MR) is 87.5 cm³/mol. The zero-order chi connectivity index (χ0) is 16.1. The number of carbonyl (C=O) groups excluding carboxylic acids is 1. The molecule has 0 unspecified atom stereocenters. The Bertz CT molecular complexity index is 793. The molecule has 0 spiro atoms. The van der Waals surface area contributed by atoms with Gasteiger partial charge in [-0.3, -0.25) is 4.79 Å². The van der Waals surface area contributed by atoms with E-state index < -0.39 is 11.7 Å². The van der Waals surface area contributed by atoms with Gasteiger partial charge >= 0.3 is 0 Å². The van der Waals surface area contributed by atoms with E-state index in [1.54, 1.807) is 30.3 Å². The molecular formula is C17H12BrFN2O. The summed E-state index contributed by atoms with van der Waals surface area (Å²) in [5, 5.41) is 11.8. The summed E-state index contributed by atoms with van der Waals surface area (Å²) in [4.78, 5) is 12.1. The minimum absolute atomic E-state index is 0.168. The van der Waals surface area contributed by atoms with Crippen LogP contribution in [0, 0.1) is 24.1 Å². The average Bonchev–Trinajstić information content (AvgIpc) is 2.48. The molecular weight excluding hydrogens is 347 g/mol. The molecule has 0 aromatic heterocycles.